The van der Waals surface area contributed by atoms with Gasteiger partial charge in [-0.25, -0.2) is 0 Å². The van der Waals surface area contributed by atoms with Crippen molar-refractivity contribution in [2.75, 3.05) is 32.7 Å². The lowest BCUT2D eigenvalue weighted by atomic mass is 10.1. The first-order valence-corrected chi connectivity index (χ1v) is 8.88. The van der Waals surface area contributed by atoms with Gasteiger partial charge >= 0.3 is 0 Å². The molecule has 3 rings (SSSR count). The van der Waals surface area contributed by atoms with Gasteiger partial charge < -0.3 is 24.5 Å². The number of ether oxygens (including phenoxy) is 2. The zero-order chi connectivity index (χ0) is 19.9. The van der Waals surface area contributed by atoms with Gasteiger partial charge in [0.1, 0.15) is 0 Å². The first-order chi connectivity index (χ1) is 13.6. The number of para-hydroxylation sites is 2. The molecular formula is C21H22N2O5. The Labute approximate surface area is 162 Å². The summed E-state index contributed by atoms with van der Waals surface area (Å²) in [5, 5.41) is 6.32. The summed E-state index contributed by atoms with van der Waals surface area (Å²) in [5.41, 5.74) is 1.28. The molecule has 7 nitrogen and oxygen atoms in total. The highest BCUT2D eigenvalue weighted by molar-refractivity contribution is 6.09. The second kappa shape index (κ2) is 9.05. The maximum absolute atomic E-state index is 12.7. The van der Waals surface area contributed by atoms with Crippen molar-refractivity contribution >= 4 is 28.5 Å². The normalized spacial score (nSPS) is 10.6. The van der Waals surface area contributed by atoms with Crippen LogP contribution in [0.1, 0.15) is 27.3 Å². The molecule has 0 aliphatic rings. The third kappa shape index (κ3) is 4.32. The van der Waals surface area contributed by atoms with Crippen molar-refractivity contribution in [3.05, 3.63) is 59.9 Å². The summed E-state index contributed by atoms with van der Waals surface area (Å²) in [5.74, 6) is -0.0293. The van der Waals surface area contributed by atoms with E-state index in [4.69, 9.17) is 13.9 Å². The summed E-state index contributed by atoms with van der Waals surface area (Å²) in [6.45, 7) is 1.05. The predicted molar refractivity (Wildman–Crippen MR) is 106 cm³/mol. The van der Waals surface area contributed by atoms with Crippen molar-refractivity contribution in [1.82, 2.24) is 5.32 Å². The average Bonchev–Trinajstić information content (AvgIpc) is 3.16. The molecule has 3 aromatic rings. The molecule has 1 aromatic heterocycles. The molecule has 2 amide bonds. The van der Waals surface area contributed by atoms with Gasteiger partial charge in [0, 0.05) is 25.6 Å². The minimum absolute atomic E-state index is 0.134. The van der Waals surface area contributed by atoms with Crippen molar-refractivity contribution in [2.24, 2.45) is 0 Å². The van der Waals surface area contributed by atoms with E-state index < -0.39 is 5.91 Å². The molecule has 0 spiro atoms. The first-order valence-electron chi connectivity index (χ1n) is 8.88. The molecule has 0 bridgehead atoms. The van der Waals surface area contributed by atoms with E-state index in [2.05, 4.69) is 10.6 Å². The van der Waals surface area contributed by atoms with Crippen LogP contribution >= 0.6 is 0 Å². The molecule has 146 valence electrons. The second-order valence-electron chi connectivity index (χ2n) is 6.09. The van der Waals surface area contributed by atoms with Crippen LogP contribution in [-0.4, -0.2) is 39.2 Å². The maximum atomic E-state index is 12.7. The molecule has 1 heterocycles. The number of benzene rings is 2. The van der Waals surface area contributed by atoms with E-state index in [1.807, 2.05) is 12.1 Å². The lowest BCUT2D eigenvalue weighted by Crippen LogP contribution is -2.26. The van der Waals surface area contributed by atoms with E-state index >= 15 is 0 Å². The zero-order valence-electron chi connectivity index (χ0n) is 15.8. The largest absolute Gasteiger partial charge is 0.493 e. The van der Waals surface area contributed by atoms with E-state index in [9.17, 15) is 9.59 Å². The topological polar surface area (TPSA) is 89.8 Å². The van der Waals surface area contributed by atoms with Crippen LogP contribution < -0.4 is 15.4 Å². The van der Waals surface area contributed by atoms with Crippen molar-refractivity contribution in [3.8, 4) is 5.75 Å². The molecular weight excluding hydrogens is 360 g/mol. The SMILES string of the molecule is COCCCNC(=O)c1ccccc1NC(=O)c1cc2cccc(OC)c2o1. The summed E-state index contributed by atoms with van der Waals surface area (Å²) in [4.78, 5) is 25.1. The monoisotopic (exact) mass is 382 g/mol. The summed E-state index contributed by atoms with van der Waals surface area (Å²) in [6, 6.07) is 13.9. The summed E-state index contributed by atoms with van der Waals surface area (Å²) < 4.78 is 15.9. The van der Waals surface area contributed by atoms with Gasteiger partial charge in [-0.1, -0.05) is 24.3 Å². The van der Waals surface area contributed by atoms with Gasteiger partial charge in [-0.3, -0.25) is 9.59 Å². The standard InChI is InChI=1S/C21H22N2O5/c1-26-12-6-11-22-20(24)15-8-3-4-9-16(15)23-21(25)18-13-14-7-5-10-17(27-2)19(14)28-18/h3-5,7-10,13H,6,11-12H2,1-2H3,(H,22,24)(H,23,25). The van der Waals surface area contributed by atoms with Crippen LogP contribution in [0.25, 0.3) is 11.0 Å². The number of furan rings is 1. The Kier molecular flexibility index (Phi) is 6.29. The Bertz CT molecular complexity index is 980. The average molecular weight is 382 g/mol. The van der Waals surface area contributed by atoms with Crippen LogP contribution in [0, 0.1) is 0 Å². The fraction of sp³-hybridized carbons (Fsp3) is 0.238. The van der Waals surface area contributed by atoms with Gasteiger partial charge in [0.15, 0.2) is 17.1 Å². The third-order valence-electron chi connectivity index (χ3n) is 4.18. The number of carbonyl (C=O) groups is 2. The van der Waals surface area contributed by atoms with Gasteiger partial charge in [0.2, 0.25) is 0 Å². The Balaban J connectivity index is 1.77. The number of nitrogens with one attached hydrogen (secondary N) is 2. The van der Waals surface area contributed by atoms with Crippen molar-refractivity contribution in [3.63, 3.8) is 0 Å². The van der Waals surface area contributed by atoms with E-state index in [1.54, 1.807) is 50.6 Å². The highest BCUT2D eigenvalue weighted by atomic mass is 16.5. The quantitative estimate of drug-likeness (QED) is 0.583. The number of amides is 2. The minimum atomic E-state index is -0.446. The lowest BCUT2D eigenvalue weighted by molar-refractivity contribution is 0.0949. The van der Waals surface area contributed by atoms with Gasteiger partial charge in [-0.2, -0.15) is 0 Å². The Hall–Kier alpha value is -3.32. The molecule has 0 aliphatic heterocycles. The molecule has 0 radical (unpaired) electrons. The van der Waals surface area contributed by atoms with E-state index in [1.165, 1.54) is 0 Å². The molecule has 7 heteroatoms. The first kappa shape index (κ1) is 19.4. The molecule has 2 aromatic carbocycles. The Morgan fingerprint density at radius 3 is 2.64 bits per heavy atom. The van der Waals surface area contributed by atoms with Crippen molar-refractivity contribution < 1.29 is 23.5 Å². The molecule has 0 saturated carbocycles. The zero-order valence-corrected chi connectivity index (χ0v) is 15.8. The highest BCUT2D eigenvalue weighted by Crippen LogP contribution is 2.29. The molecule has 0 unspecified atom stereocenters. The molecule has 0 fully saturated rings. The number of rotatable bonds is 8. The van der Waals surface area contributed by atoms with Gasteiger partial charge in [0.05, 0.1) is 18.4 Å². The smallest absolute Gasteiger partial charge is 0.291 e. The molecule has 0 atom stereocenters. The van der Waals surface area contributed by atoms with Crippen molar-refractivity contribution in [1.29, 1.82) is 0 Å². The van der Waals surface area contributed by atoms with E-state index in [0.717, 1.165) is 5.39 Å². The number of methoxy groups -OCH3 is 2. The molecule has 0 aliphatic carbocycles. The molecule has 28 heavy (non-hydrogen) atoms. The van der Waals surface area contributed by atoms with Crippen LogP contribution in [0.2, 0.25) is 0 Å². The van der Waals surface area contributed by atoms with Crippen LogP contribution in [0.5, 0.6) is 5.75 Å². The molecule has 0 saturated heterocycles. The summed E-state index contributed by atoms with van der Waals surface area (Å²) in [7, 11) is 3.15. The van der Waals surface area contributed by atoms with Crippen LogP contribution in [0.3, 0.4) is 0 Å². The minimum Gasteiger partial charge on any atom is -0.493 e. The fourth-order valence-electron chi connectivity index (χ4n) is 2.80. The summed E-state index contributed by atoms with van der Waals surface area (Å²) >= 11 is 0. The Morgan fingerprint density at radius 2 is 1.86 bits per heavy atom. The van der Waals surface area contributed by atoms with Crippen molar-refractivity contribution in [2.45, 2.75) is 6.42 Å². The van der Waals surface area contributed by atoms with Gasteiger partial charge in [-0.15, -0.1) is 0 Å². The van der Waals surface area contributed by atoms with E-state index in [0.29, 0.717) is 42.2 Å². The maximum Gasteiger partial charge on any atom is 0.291 e. The van der Waals surface area contributed by atoms with Crippen LogP contribution in [0.15, 0.2) is 52.9 Å². The van der Waals surface area contributed by atoms with Crippen LogP contribution in [-0.2, 0) is 4.74 Å². The highest BCUT2D eigenvalue weighted by Gasteiger charge is 2.18. The number of carbonyl (C=O) groups excluding carboxylic acids is 2. The predicted octanol–water partition coefficient (Wildman–Crippen LogP) is 3.46. The lowest BCUT2D eigenvalue weighted by Gasteiger charge is -2.10. The number of hydrogen-bond acceptors (Lipinski definition) is 5. The fourth-order valence-corrected chi connectivity index (χ4v) is 2.80. The number of fused-ring (bicyclic) bond motifs is 1. The Morgan fingerprint density at radius 1 is 1.04 bits per heavy atom. The van der Waals surface area contributed by atoms with Crippen LogP contribution in [0.4, 0.5) is 5.69 Å². The summed E-state index contributed by atoms with van der Waals surface area (Å²) in [6.07, 6.45) is 0.706. The number of anilines is 1. The van der Waals surface area contributed by atoms with Gasteiger partial charge in [0.25, 0.3) is 11.8 Å². The van der Waals surface area contributed by atoms with E-state index in [-0.39, 0.29) is 11.7 Å². The second-order valence-corrected chi connectivity index (χ2v) is 6.09. The van der Waals surface area contributed by atoms with Gasteiger partial charge in [-0.05, 0) is 30.7 Å². The molecule has 2 N–H and O–H groups in total. The number of hydrogen-bond donors (Lipinski definition) is 2. The third-order valence-corrected chi connectivity index (χ3v) is 4.18.